The first-order valence-electron chi connectivity index (χ1n) is 7.09. The molecule has 2 N–H and O–H groups in total. The van der Waals surface area contributed by atoms with E-state index in [4.69, 9.17) is 9.47 Å². The van der Waals surface area contributed by atoms with Crippen LogP contribution in [-0.2, 0) is 0 Å². The molecule has 1 aliphatic rings. The normalized spacial score (nSPS) is 12.3. The van der Waals surface area contributed by atoms with Crippen LogP contribution in [-0.4, -0.2) is 22.6 Å². The molecule has 24 heavy (non-hydrogen) atoms. The molecule has 2 aromatic carbocycles. The number of para-hydroxylation sites is 1. The van der Waals surface area contributed by atoms with Crippen LogP contribution in [0.3, 0.4) is 0 Å². The molecule has 0 fully saturated rings. The summed E-state index contributed by atoms with van der Waals surface area (Å²) < 4.78 is 10.5. The number of rotatable bonds is 3. The number of nitrogens with one attached hydrogen (secondary N) is 2. The zero-order chi connectivity index (χ0) is 16.7. The van der Waals surface area contributed by atoms with Crippen molar-refractivity contribution in [3.8, 4) is 11.5 Å². The molecular formula is C16H11N3O5. The van der Waals surface area contributed by atoms with Crippen molar-refractivity contribution in [1.29, 1.82) is 0 Å². The van der Waals surface area contributed by atoms with Crippen LogP contribution in [0.2, 0.25) is 0 Å². The number of anilines is 1. The Kier molecular flexibility index (Phi) is 3.09. The summed E-state index contributed by atoms with van der Waals surface area (Å²) >= 11 is 0. The number of hydrogen-bond acceptors (Lipinski definition) is 5. The highest BCUT2D eigenvalue weighted by Crippen LogP contribution is 2.34. The minimum atomic E-state index is -0.488. The second-order valence-corrected chi connectivity index (χ2v) is 5.20. The number of carbonyl (C=O) groups excluding carboxylic acids is 1. The maximum atomic E-state index is 12.4. The van der Waals surface area contributed by atoms with Gasteiger partial charge in [-0.15, -0.1) is 0 Å². The van der Waals surface area contributed by atoms with E-state index in [9.17, 15) is 14.9 Å². The average Bonchev–Trinajstić information content (AvgIpc) is 3.20. The van der Waals surface area contributed by atoms with Crippen LogP contribution in [0, 0.1) is 10.1 Å². The Hall–Kier alpha value is -3.55. The van der Waals surface area contributed by atoms with Crippen molar-refractivity contribution < 1.29 is 19.2 Å². The number of hydrogen-bond donors (Lipinski definition) is 2. The van der Waals surface area contributed by atoms with Crippen LogP contribution in [0.15, 0.2) is 42.5 Å². The van der Waals surface area contributed by atoms with Gasteiger partial charge in [0.1, 0.15) is 11.2 Å². The first kappa shape index (κ1) is 14.1. The lowest BCUT2D eigenvalue weighted by Crippen LogP contribution is -2.12. The molecule has 1 aliphatic heterocycles. The van der Waals surface area contributed by atoms with Crippen molar-refractivity contribution in [2.24, 2.45) is 0 Å². The van der Waals surface area contributed by atoms with Crippen molar-refractivity contribution in [3.63, 3.8) is 0 Å². The van der Waals surface area contributed by atoms with Gasteiger partial charge in [-0.3, -0.25) is 14.9 Å². The van der Waals surface area contributed by atoms with E-state index in [1.165, 1.54) is 6.07 Å². The smallest absolute Gasteiger partial charge is 0.293 e. The predicted octanol–water partition coefficient (Wildman–Crippen LogP) is 3.06. The molecule has 0 aliphatic carbocycles. The number of non-ortho nitro benzene ring substituents is 1. The quantitative estimate of drug-likeness (QED) is 0.568. The monoisotopic (exact) mass is 325 g/mol. The molecule has 0 atom stereocenters. The van der Waals surface area contributed by atoms with Gasteiger partial charge in [-0.05, 0) is 18.2 Å². The Labute approximate surface area is 135 Å². The number of benzene rings is 2. The molecule has 1 aromatic heterocycles. The summed E-state index contributed by atoms with van der Waals surface area (Å²) in [6, 6.07) is 11.3. The third kappa shape index (κ3) is 2.30. The van der Waals surface area contributed by atoms with Crippen molar-refractivity contribution >= 4 is 28.2 Å². The van der Waals surface area contributed by atoms with Gasteiger partial charge in [-0.1, -0.05) is 12.1 Å². The molecule has 2 heterocycles. The van der Waals surface area contributed by atoms with Gasteiger partial charge in [-0.25, -0.2) is 0 Å². The molecule has 0 radical (unpaired) electrons. The zero-order valence-electron chi connectivity index (χ0n) is 12.2. The number of nitrogens with zero attached hydrogens (tertiary/aromatic N) is 1. The highest BCUT2D eigenvalue weighted by Gasteiger charge is 2.18. The van der Waals surface area contributed by atoms with Gasteiger partial charge in [0.15, 0.2) is 11.5 Å². The molecule has 0 saturated heterocycles. The van der Waals surface area contributed by atoms with Crippen molar-refractivity contribution in [1.82, 2.24) is 4.98 Å². The standard InChI is InChI=1S/C16H11N3O5/c20-16(17-10-4-5-13-14(7-10)24-8-23-13)11-6-9-2-1-3-12(19(21)22)15(9)18-11/h1-7,18H,8H2,(H,17,20). The topological polar surface area (TPSA) is 106 Å². The predicted molar refractivity (Wildman–Crippen MR) is 85.5 cm³/mol. The van der Waals surface area contributed by atoms with Gasteiger partial charge in [-0.2, -0.15) is 0 Å². The Balaban J connectivity index is 1.64. The fourth-order valence-corrected chi connectivity index (χ4v) is 2.59. The van der Waals surface area contributed by atoms with E-state index in [0.717, 1.165) is 0 Å². The number of amides is 1. The van der Waals surface area contributed by atoms with Gasteiger partial charge >= 0.3 is 0 Å². The molecule has 8 nitrogen and oxygen atoms in total. The van der Waals surface area contributed by atoms with Crippen LogP contribution < -0.4 is 14.8 Å². The lowest BCUT2D eigenvalue weighted by Gasteiger charge is -2.04. The molecule has 4 rings (SSSR count). The number of aromatic nitrogens is 1. The van der Waals surface area contributed by atoms with Crippen LogP contribution in [0.1, 0.15) is 10.5 Å². The third-order valence-corrected chi connectivity index (χ3v) is 3.71. The molecule has 0 saturated carbocycles. The number of carbonyl (C=O) groups is 1. The zero-order valence-corrected chi connectivity index (χ0v) is 12.2. The largest absolute Gasteiger partial charge is 0.454 e. The number of H-pyrrole nitrogens is 1. The second kappa shape index (κ2) is 5.27. The Morgan fingerprint density at radius 1 is 1.17 bits per heavy atom. The van der Waals surface area contributed by atoms with Gasteiger partial charge in [0.2, 0.25) is 6.79 Å². The number of nitro groups is 1. The lowest BCUT2D eigenvalue weighted by atomic mass is 10.2. The highest BCUT2D eigenvalue weighted by molar-refractivity contribution is 6.07. The van der Waals surface area contributed by atoms with Crippen molar-refractivity contribution in [3.05, 3.63) is 58.3 Å². The number of ether oxygens (including phenoxy) is 2. The Bertz CT molecular complexity index is 979. The molecule has 3 aromatic rings. The number of aromatic amines is 1. The highest BCUT2D eigenvalue weighted by atomic mass is 16.7. The van der Waals surface area contributed by atoms with Gasteiger partial charge in [0.05, 0.1) is 4.92 Å². The van der Waals surface area contributed by atoms with Crippen molar-refractivity contribution in [2.45, 2.75) is 0 Å². The van der Waals surface area contributed by atoms with Crippen LogP contribution in [0.4, 0.5) is 11.4 Å². The van der Waals surface area contributed by atoms with Crippen LogP contribution >= 0.6 is 0 Å². The molecule has 8 heteroatoms. The number of nitro benzene ring substituents is 1. The Morgan fingerprint density at radius 3 is 2.83 bits per heavy atom. The molecule has 0 bridgehead atoms. The summed E-state index contributed by atoms with van der Waals surface area (Å²) in [6.45, 7) is 0.151. The minimum Gasteiger partial charge on any atom is -0.454 e. The van der Waals surface area contributed by atoms with E-state index < -0.39 is 10.8 Å². The molecule has 120 valence electrons. The number of fused-ring (bicyclic) bond motifs is 2. The van der Waals surface area contributed by atoms with Crippen molar-refractivity contribution in [2.75, 3.05) is 12.1 Å². The summed E-state index contributed by atoms with van der Waals surface area (Å²) in [6.07, 6.45) is 0. The Morgan fingerprint density at radius 2 is 2.00 bits per heavy atom. The molecule has 0 unspecified atom stereocenters. The fourth-order valence-electron chi connectivity index (χ4n) is 2.59. The summed E-state index contributed by atoms with van der Waals surface area (Å²) in [7, 11) is 0. The SMILES string of the molecule is O=C(Nc1ccc2c(c1)OCO2)c1cc2cccc([N+](=O)[O-])c2[nH]1. The molecule has 0 spiro atoms. The van der Waals surface area contributed by atoms with Gasteiger partial charge < -0.3 is 19.8 Å². The van der Waals surface area contributed by atoms with E-state index in [0.29, 0.717) is 28.1 Å². The maximum absolute atomic E-state index is 12.4. The van der Waals surface area contributed by atoms with Gasteiger partial charge in [0, 0.05) is 23.2 Å². The summed E-state index contributed by atoms with van der Waals surface area (Å²) in [4.78, 5) is 25.8. The van der Waals surface area contributed by atoms with Crippen LogP contribution in [0.25, 0.3) is 10.9 Å². The maximum Gasteiger partial charge on any atom is 0.293 e. The van der Waals surface area contributed by atoms with E-state index in [-0.39, 0.29) is 18.2 Å². The fraction of sp³-hybridized carbons (Fsp3) is 0.0625. The van der Waals surface area contributed by atoms with Gasteiger partial charge in [0.25, 0.3) is 11.6 Å². The average molecular weight is 325 g/mol. The first-order valence-corrected chi connectivity index (χ1v) is 7.09. The first-order chi connectivity index (χ1) is 11.6. The summed E-state index contributed by atoms with van der Waals surface area (Å²) in [5, 5.41) is 14.4. The third-order valence-electron chi connectivity index (χ3n) is 3.71. The van der Waals surface area contributed by atoms with E-state index in [1.807, 2.05) is 0 Å². The lowest BCUT2D eigenvalue weighted by molar-refractivity contribution is -0.383. The van der Waals surface area contributed by atoms with E-state index in [2.05, 4.69) is 10.3 Å². The van der Waals surface area contributed by atoms with Crippen LogP contribution in [0.5, 0.6) is 11.5 Å². The van der Waals surface area contributed by atoms with E-state index >= 15 is 0 Å². The molecular weight excluding hydrogens is 314 g/mol. The molecule has 1 amide bonds. The second-order valence-electron chi connectivity index (χ2n) is 5.20. The van der Waals surface area contributed by atoms with E-state index in [1.54, 1.807) is 36.4 Å². The minimum absolute atomic E-state index is 0.0744. The summed E-state index contributed by atoms with van der Waals surface area (Å²) in [5.41, 5.74) is 1.02. The summed E-state index contributed by atoms with van der Waals surface area (Å²) in [5.74, 6) is 0.772.